The van der Waals surface area contributed by atoms with Gasteiger partial charge in [-0.25, -0.2) is 14.8 Å². The van der Waals surface area contributed by atoms with Crippen molar-refractivity contribution in [1.82, 2.24) is 24.5 Å². The Labute approximate surface area is 251 Å². The second-order valence-electron chi connectivity index (χ2n) is 10.0. The molecule has 0 bridgehead atoms. The number of pyridine rings is 1. The molecule has 1 amide bonds. The molecule has 0 unspecified atom stereocenters. The van der Waals surface area contributed by atoms with Crippen LogP contribution in [0.25, 0.3) is 33.5 Å². The number of H-pyrrole nitrogens is 1. The Morgan fingerprint density at radius 3 is 2.56 bits per heavy atom. The van der Waals surface area contributed by atoms with Crippen LogP contribution in [-0.4, -0.2) is 78.9 Å². The van der Waals surface area contributed by atoms with Crippen molar-refractivity contribution < 1.29 is 29.2 Å². The highest BCUT2D eigenvalue weighted by Gasteiger charge is 2.31. The molecule has 2 aromatic carbocycles. The molecular weight excluding hydrogens is 576 g/mol. The molecule has 4 heterocycles. The van der Waals surface area contributed by atoms with Crippen molar-refractivity contribution in [2.75, 3.05) is 25.1 Å². The van der Waals surface area contributed by atoms with Gasteiger partial charge in [-0.05, 0) is 29.3 Å². The van der Waals surface area contributed by atoms with Gasteiger partial charge in [0.15, 0.2) is 5.65 Å². The lowest BCUT2D eigenvalue weighted by atomic mass is 10.0. The molecule has 1 aliphatic rings. The molecule has 4 N–H and O–H groups in total. The number of ether oxygens (including phenoxy) is 3. The van der Waals surface area contributed by atoms with E-state index in [1.165, 1.54) is 0 Å². The number of halogens is 1. The summed E-state index contributed by atoms with van der Waals surface area (Å²) < 4.78 is 18.4. The van der Waals surface area contributed by atoms with Crippen molar-refractivity contribution in [2.24, 2.45) is 0 Å². The minimum atomic E-state index is -0.822. The molecule has 0 aliphatic carbocycles. The highest BCUT2D eigenvalue weighted by Crippen LogP contribution is 2.32. The average molecular weight is 605 g/mol. The molecule has 1 aliphatic heterocycles. The molecule has 0 saturated carbocycles. The number of imidazole rings is 2. The van der Waals surface area contributed by atoms with E-state index in [9.17, 15) is 15.0 Å². The summed E-state index contributed by atoms with van der Waals surface area (Å²) in [7, 11) is 0. The summed E-state index contributed by atoms with van der Waals surface area (Å²) in [4.78, 5) is 28.2. The number of carbonyl (C=O) groups is 1. The molecule has 5 aromatic rings. The maximum Gasteiger partial charge on any atom is 0.411 e. The number of aliphatic hydroxyl groups is 2. The number of benzene rings is 2. The van der Waals surface area contributed by atoms with Crippen molar-refractivity contribution in [3.05, 3.63) is 78.3 Å². The lowest BCUT2D eigenvalue weighted by Gasteiger charge is -2.31. The van der Waals surface area contributed by atoms with Crippen LogP contribution in [0.4, 0.5) is 10.5 Å². The monoisotopic (exact) mass is 604 g/mol. The van der Waals surface area contributed by atoms with Crippen LogP contribution in [-0.2, 0) is 16.0 Å². The molecule has 6 rings (SSSR count). The number of aliphatic hydroxyl groups excluding tert-OH is 2. The van der Waals surface area contributed by atoms with E-state index in [1.807, 2.05) is 53.1 Å². The minimum Gasteiger partial charge on any atom is -0.459 e. The van der Waals surface area contributed by atoms with E-state index in [-0.39, 0.29) is 25.8 Å². The van der Waals surface area contributed by atoms with Gasteiger partial charge in [-0.2, -0.15) is 4.98 Å². The summed E-state index contributed by atoms with van der Waals surface area (Å²) in [6.07, 6.45) is 3.08. The predicted octanol–water partition coefficient (Wildman–Crippen LogP) is 4.28. The molecule has 1 saturated heterocycles. The summed E-state index contributed by atoms with van der Waals surface area (Å²) in [5, 5.41) is 22.5. The van der Waals surface area contributed by atoms with Gasteiger partial charge in [0.05, 0.1) is 48.4 Å². The van der Waals surface area contributed by atoms with Gasteiger partial charge in [0, 0.05) is 30.1 Å². The predicted molar refractivity (Wildman–Crippen MR) is 159 cm³/mol. The highest BCUT2D eigenvalue weighted by atomic mass is 35.5. The van der Waals surface area contributed by atoms with Crippen LogP contribution < -0.4 is 10.1 Å². The fourth-order valence-corrected chi connectivity index (χ4v) is 5.04. The average Bonchev–Trinajstić information content (AvgIpc) is 3.67. The second kappa shape index (κ2) is 12.8. The van der Waals surface area contributed by atoms with E-state index < -0.39 is 24.4 Å². The molecule has 222 valence electrons. The third-order valence-electron chi connectivity index (χ3n) is 7.06. The van der Waals surface area contributed by atoms with Crippen LogP contribution in [0.3, 0.4) is 0 Å². The van der Waals surface area contributed by atoms with Crippen LogP contribution in [0.2, 0.25) is 5.02 Å². The van der Waals surface area contributed by atoms with Crippen LogP contribution in [0.5, 0.6) is 6.01 Å². The number of nitrogens with zero attached hydrogens (tertiary/aromatic N) is 4. The number of hydrogen-bond donors (Lipinski definition) is 4. The number of aromatic nitrogens is 5. The van der Waals surface area contributed by atoms with Crippen molar-refractivity contribution in [3.8, 4) is 28.4 Å². The number of hydrogen-bond acceptors (Lipinski definition) is 9. The molecule has 12 nitrogen and oxygen atoms in total. The van der Waals surface area contributed by atoms with Crippen LogP contribution in [0.15, 0.2) is 73.3 Å². The lowest BCUT2D eigenvalue weighted by molar-refractivity contribution is -0.131. The Hall–Kier alpha value is -4.49. The summed E-state index contributed by atoms with van der Waals surface area (Å²) in [5.41, 5.74) is 5.02. The van der Waals surface area contributed by atoms with E-state index in [1.54, 1.807) is 24.8 Å². The fraction of sp³-hybridized carbons (Fsp3) is 0.267. The van der Waals surface area contributed by atoms with Crippen LogP contribution >= 0.6 is 11.6 Å². The Balaban J connectivity index is 1.08. The Morgan fingerprint density at radius 2 is 1.86 bits per heavy atom. The molecule has 3 aromatic heterocycles. The number of fused-ring (bicyclic) bond motifs is 1. The summed E-state index contributed by atoms with van der Waals surface area (Å²) in [6.45, 7) is 0.746. The number of nitrogens with one attached hydrogen (secondary N) is 2. The zero-order chi connectivity index (χ0) is 29.8. The van der Waals surface area contributed by atoms with Gasteiger partial charge in [0.1, 0.15) is 18.8 Å². The molecule has 13 heteroatoms. The van der Waals surface area contributed by atoms with Crippen molar-refractivity contribution >= 4 is 34.5 Å². The van der Waals surface area contributed by atoms with Crippen LogP contribution in [0.1, 0.15) is 6.42 Å². The molecule has 3 atom stereocenters. The van der Waals surface area contributed by atoms with Crippen LogP contribution in [0, 0.1) is 0 Å². The summed E-state index contributed by atoms with van der Waals surface area (Å²) in [5.74, 6) is 0. The van der Waals surface area contributed by atoms with Crippen molar-refractivity contribution in [3.63, 3.8) is 0 Å². The molecule has 0 radical (unpaired) electrons. The lowest BCUT2D eigenvalue weighted by Crippen LogP contribution is -2.45. The first-order valence-corrected chi connectivity index (χ1v) is 14.1. The van der Waals surface area contributed by atoms with E-state index in [0.717, 1.165) is 16.7 Å². The Bertz CT molecular complexity index is 1680. The van der Waals surface area contributed by atoms with Gasteiger partial charge in [0.2, 0.25) is 0 Å². The topological polar surface area (TPSA) is 157 Å². The minimum absolute atomic E-state index is 0.227. The molecule has 1 fully saturated rings. The first-order chi connectivity index (χ1) is 20.9. The first kappa shape index (κ1) is 28.6. The Morgan fingerprint density at radius 1 is 1.12 bits per heavy atom. The Kier molecular flexibility index (Phi) is 8.52. The first-order valence-electron chi connectivity index (χ1n) is 13.7. The summed E-state index contributed by atoms with van der Waals surface area (Å²) in [6, 6.07) is 17.3. The van der Waals surface area contributed by atoms with Crippen molar-refractivity contribution in [1.29, 1.82) is 0 Å². The molecule has 0 spiro atoms. The highest BCUT2D eigenvalue weighted by molar-refractivity contribution is 6.33. The van der Waals surface area contributed by atoms with E-state index in [4.69, 9.17) is 25.8 Å². The third-order valence-corrected chi connectivity index (χ3v) is 7.35. The van der Waals surface area contributed by atoms with E-state index in [0.29, 0.717) is 40.5 Å². The standard InChI is InChI=1S/C30H29ClN6O6/c31-23-14-24-28(36-29(34-24)43-22-13-25(39)26(15-38)42-16-22)35-27(23)20-3-1-18(2-4-20)19-5-7-21(8-6-19)33-30(40)41-12-11-37-10-9-32-17-37/h1-10,14,17,22,25-26,38-39H,11-13,15-16H2,(H,33,40)(H,34,35,36)/t22-,25+,26-/m1/s1. The number of rotatable bonds is 9. The van der Waals surface area contributed by atoms with Gasteiger partial charge >= 0.3 is 6.09 Å². The van der Waals surface area contributed by atoms with Gasteiger partial charge in [-0.3, -0.25) is 5.32 Å². The third kappa shape index (κ3) is 6.78. The van der Waals surface area contributed by atoms with Gasteiger partial charge in [-0.15, -0.1) is 0 Å². The van der Waals surface area contributed by atoms with Crippen molar-refractivity contribution in [2.45, 2.75) is 31.3 Å². The normalized spacial score (nSPS) is 18.4. The number of amides is 1. The zero-order valence-corrected chi connectivity index (χ0v) is 23.6. The van der Waals surface area contributed by atoms with Gasteiger partial charge < -0.3 is 34.0 Å². The van der Waals surface area contributed by atoms with Gasteiger partial charge in [0.25, 0.3) is 6.01 Å². The number of anilines is 1. The quantitative estimate of drug-likeness (QED) is 0.193. The number of aromatic amines is 1. The zero-order valence-electron chi connectivity index (χ0n) is 22.9. The smallest absolute Gasteiger partial charge is 0.411 e. The number of carbonyl (C=O) groups excluding carboxylic acids is 1. The van der Waals surface area contributed by atoms with E-state index in [2.05, 4.69) is 25.3 Å². The summed E-state index contributed by atoms with van der Waals surface area (Å²) >= 11 is 6.59. The fourth-order valence-electron chi connectivity index (χ4n) is 4.78. The van der Waals surface area contributed by atoms with E-state index >= 15 is 0 Å². The molecule has 43 heavy (non-hydrogen) atoms. The van der Waals surface area contributed by atoms with Gasteiger partial charge in [-0.1, -0.05) is 48.0 Å². The maximum absolute atomic E-state index is 12.1. The largest absolute Gasteiger partial charge is 0.459 e. The second-order valence-corrected chi connectivity index (χ2v) is 10.5. The SMILES string of the molecule is O=C(Nc1ccc(-c2ccc(-c3nc4nc(O[C@H]5CO[C@H](CO)[C@@H](O)C5)[nH]c4cc3Cl)cc2)cc1)OCCn1ccnc1. The maximum atomic E-state index is 12.1. The molecular formula is C30H29ClN6O6.